The summed E-state index contributed by atoms with van der Waals surface area (Å²) in [4.78, 5) is 22.6. The predicted molar refractivity (Wildman–Crippen MR) is 64.9 cm³/mol. The first-order valence-corrected chi connectivity index (χ1v) is 5.98. The number of methoxy groups -OCH3 is 1. The highest BCUT2D eigenvalue weighted by atomic mass is 19.4. The monoisotopic (exact) mass is 324 g/mol. The van der Waals surface area contributed by atoms with Crippen LogP contribution < -0.4 is 4.74 Å². The van der Waals surface area contributed by atoms with Crippen molar-refractivity contribution in [3.63, 3.8) is 0 Å². The molecule has 0 aromatic heterocycles. The zero-order valence-electron chi connectivity index (χ0n) is 11.6. The van der Waals surface area contributed by atoms with Gasteiger partial charge in [-0.3, -0.25) is 0 Å². The van der Waals surface area contributed by atoms with Crippen LogP contribution in [0, 0.1) is 5.82 Å². The summed E-state index contributed by atoms with van der Waals surface area (Å²) in [7, 11) is 0.965. The van der Waals surface area contributed by atoms with E-state index in [0.29, 0.717) is 12.1 Å². The molecule has 0 unspecified atom stereocenters. The number of halogens is 4. The molecule has 1 rings (SSSR count). The third-order valence-corrected chi connectivity index (χ3v) is 2.45. The normalized spacial score (nSPS) is 11.0. The zero-order chi connectivity index (χ0) is 16.9. The molecule has 0 aliphatic carbocycles. The summed E-state index contributed by atoms with van der Waals surface area (Å²) in [6.45, 7) is 0.663. The van der Waals surface area contributed by atoms with E-state index in [1.807, 2.05) is 0 Å². The molecule has 0 atom stereocenters. The molecule has 0 bridgehead atoms. The predicted octanol–water partition coefficient (Wildman–Crippen LogP) is 2.57. The Balaban J connectivity index is 3.23. The second kappa shape index (κ2) is 7.10. The van der Waals surface area contributed by atoms with Crippen LogP contribution in [0.15, 0.2) is 12.1 Å². The average molecular weight is 324 g/mol. The Morgan fingerprint density at radius 2 is 1.86 bits per heavy atom. The van der Waals surface area contributed by atoms with E-state index in [0.717, 1.165) is 7.11 Å². The van der Waals surface area contributed by atoms with Gasteiger partial charge in [-0.2, -0.15) is 13.2 Å². The maximum Gasteiger partial charge on any atom is 0.419 e. The van der Waals surface area contributed by atoms with Gasteiger partial charge in [-0.25, -0.2) is 14.0 Å². The maximum absolute atomic E-state index is 14.0. The highest BCUT2D eigenvalue weighted by molar-refractivity contribution is 5.92. The molecule has 0 fully saturated rings. The lowest BCUT2D eigenvalue weighted by atomic mass is 10.1. The molecule has 0 heterocycles. The fourth-order valence-corrected chi connectivity index (χ4v) is 1.52. The second-order valence-electron chi connectivity index (χ2n) is 3.89. The molecule has 0 aliphatic heterocycles. The Morgan fingerprint density at radius 1 is 1.23 bits per heavy atom. The van der Waals surface area contributed by atoms with Gasteiger partial charge in [0.2, 0.25) is 0 Å². The van der Waals surface area contributed by atoms with Gasteiger partial charge in [-0.15, -0.1) is 0 Å². The van der Waals surface area contributed by atoms with Crippen LogP contribution in [0.5, 0.6) is 5.75 Å². The number of ether oxygens (including phenoxy) is 3. The molecule has 1 aromatic rings. The fraction of sp³-hybridized carbons (Fsp3) is 0.385. The Hall–Kier alpha value is -2.32. The molecule has 1 aromatic carbocycles. The number of alkyl halides is 3. The number of hydrogen-bond acceptors (Lipinski definition) is 5. The van der Waals surface area contributed by atoms with Gasteiger partial charge in [0.25, 0.3) is 0 Å². The van der Waals surface area contributed by atoms with Crippen molar-refractivity contribution in [3.05, 3.63) is 29.1 Å². The van der Waals surface area contributed by atoms with Gasteiger partial charge >= 0.3 is 18.1 Å². The van der Waals surface area contributed by atoms with Crippen molar-refractivity contribution >= 4 is 11.9 Å². The largest absolute Gasteiger partial charge is 0.478 e. The van der Waals surface area contributed by atoms with Crippen LogP contribution in [0.2, 0.25) is 0 Å². The van der Waals surface area contributed by atoms with E-state index < -0.39 is 47.4 Å². The number of esters is 2. The van der Waals surface area contributed by atoms with Gasteiger partial charge in [-0.1, -0.05) is 0 Å². The quantitative estimate of drug-likeness (QED) is 0.615. The van der Waals surface area contributed by atoms with Crippen LogP contribution in [0.25, 0.3) is 0 Å². The van der Waals surface area contributed by atoms with Gasteiger partial charge in [0.1, 0.15) is 5.56 Å². The molecular weight excluding hydrogens is 312 g/mol. The minimum Gasteiger partial charge on any atom is -0.478 e. The van der Waals surface area contributed by atoms with E-state index in [4.69, 9.17) is 4.74 Å². The molecule has 9 heteroatoms. The third-order valence-electron chi connectivity index (χ3n) is 2.45. The summed E-state index contributed by atoms with van der Waals surface area (Å²) in [6.07, 6.45) is -4.99. The summed E-state index contributed by atoms with van der Waals surface area (Å²) in [5.41, 5.74) is -2.20. The number of benzene rings is 1. The van der Waals surface area contributed by atoms with Crippen molar-refractivity contribution in [1.82, 2.24) is 0 Å². The fourth-order valence-electron chi connectivity index (χ4n) is 1.52. The van der Waals surface area contributed by atoms with E-state index in [2.05, 4.69) is 9.47 Å². The lowest BCUT2D eigenvalue weighted by Gasteiger charge is -2.15. The maximum atomic E-state index is 14.0. The topological polar surface area (TPSA) is 61.8 Å². The lowest BCUT2D eigenvalue weighted by Crippen LogP contribution is -2.19. The number of hydrogen-bond donors (Lipinski definition) is 0. The molecule has 0 saturated carbocycles. The first kappa shape index (κ1) is 17.7. The van der Waals surface area contributed by atoms with E-state index in [1.54, 1.807) is 0 Å². The van der Waals surface area contributed by atoms with Crippen LogP contribution in [-0.4, -0.2) is 32.3 Å². The minimum atomic E-state index is -4.99. The number of carbonyl (C=O) groups is 2. The minimum absolute atomic E-state index is 0.0110. The van der Waals surface area contributed by atoms with E-state index in [9.17, 15) is 27.2 Å². The van der Waals surface area contributed by atoms with Crippen molar-refractivity contribution in [2.24, 2.45) is 0 Å². The molecule has 0 N–H and O–H groups in total. The summed E-state index contributed by atoms with van der Waals surface area (Å²) in [6, 6.07) is 1.09. The molecule has 0 spiro atoms. The van der Waals surface area contributed by atoms with E-state index in [-0.39, 0.29) is 6.61 Å². The zero-order valence-corrected chi connectivity index (χ0v) is 11.6. The Bertz CT molecular complexity index is 568. The van der Waals surface area contributed by atoms with Crippen molar-refractivity contribution in [2.75, 3.05) is 20.3 Å². The summed E-state index contributed by atoms with van der Waals surface area (Å²) >= 11 is 0. The molecule has 0 amide bonds. The third kappa shape index (κ3) is 4.09. The number of rotatable bonds is 5. The Labute approximate surface area is 122 Å². The number of carbonyl (C=O) groups excluding carboxylic acids is 2. The van der Waals surface area contributed by atoms with Crippen LogP contribution >= 0.6 is 0 Å². The van der Waals surface area contributed by atoms with Crippen molar-refractivity contribution in [1.29, 1.82) is 0 Å². The van der Waals surface area contributed by atoms with E-state index in [1.165, 1.54) is 6.92 Å². The summed E-state index contributed by atoms with van der Waals surface area (Å²) < 4.78 is 65.5. The summed E-state index contributed by atoms with van der Waals surface area (Å²) in [5, 5.41) is 0. The van der Waals surface area contributed by atoms with Crippen molar-refractivity contribution < 1.29 is 41.4 Å². The Morgan fingerprint density at radius 3 is 2.36 bits per heavy atom. The van der Waals surface area contributed by atoms with Crippen LogP contribution in [0.3, 0.4) is 0 Å². The molecular formula is C13H12F4O5. The Kier molecular flexibility index (Phi) is 5.72. The highest BCUT2D eigenvalue weighted by Crippen LogP contribution is 2.36. The smallest absolute Gasteiger partial charge is 0.419 e. The molecule has 0 aliphatic rings. The average Bonchev–Trinajstić information content (AvgIpc) is 2.43. The standard InChI is InChI=1S/C13H12F4O5/c1-3-21-9(18)6-22-11-7(12(19)20-2)4-5-8(10(11)14)13(15,16)17/h4-5H,3,6H2,1-2H3. The van der Waals surface area contributed by atoms with Gasteiger partial charge in [0.15, 0.2) is 18.2 Å². The first-order valence-electron chi connectivity index (χ1n) is 5.98. The second-order valence-corrected chi connectivity index (χ2v) is 3.89. The SMILES string of the molecule is CCOC(=O)COc1c(C(=O)OC)ccc(C(F)(F)F)c1F. The van der Waals surface area contributed by atoms with Crippen LogP contribution in [0.4, 0.5) is 17.6 Å². The van der Waals surface area contributed by atoms with Gasteiger partial charge in [-0.05, 0) is 19.1 Å². The lowest BCUT2D eigenvalue weighted by molar-refractivity contribution is -0.145. The van der Waals surface area contributed by atoms with Gasteiger partial charge in [0, 0.05) is 0 Å². The van der Waals surface area contributed by atoms with Crippen LogP contribution in [-0.2, 0) is 20.4 Å². The van der Waals surface area contributed by atoms with Gasteiger partial charge < -0.3 is 14.2 Å². The highest BCUT2D eigenvalue weighted by Gasteiger charge is 2.37. The molecule has 22 heavy (non-hydrogen) atoms. The first-order chi connectivity index (χ1) is 10.2. The van der Waals surface area contributed by atoms with Crippen molar-refractivity contribution in [2.45, 2.75) is 13.1 Å². The molecule has 5 nitrogen and oxygen atoms in total. The summed E-state index contributed by atoms with van der Waals surface area (Å²) in [5.74, 6) is -4.85. The molecule has 0 radical (unpaired) electrons. The molecule has 0 saturated heterocycles. The van der Waals surface area contributed by atoms with Crippen molar-refractivity contribution in [3.8, 4) is 5.75 Å². The van der Waals surface area contributed by atoms with Gasteiger partial charge in [0.05, 0.1) is 19.3 Å². The van der Waals surface area contributed by atoms with Crippen LogP contribution in [0.1, 0.15) is 22.8 Å². The van der Waals surface area contributed by atoms with E-state index >= 15 is 0 Å². The molecule has 122 valence electrons.